The smallest absolute Gasteiger partial charge is 0.336 e. The lowest BCUT2D eigenvalue weighted by atomic mass is 9.87. The summed E-state index contributed by atoms with van der Waals surface area (Å²) < 4.78 is 34.7. The van der Waals surface area contributed by atoms with Crippen LogP contribution < -0.4 is 0 Å². The number of carboxylic acid groups (broad SMARTS) is 1. The van der Waals surface area contributed by atoms with Crippen LogP contribution in [0.4, 0.5) is 8.78 Å². The van der Waals surface area contributed by atoms with Crippen molar-refractivity contribution in [3.63, 3.8) is 0 Å². The number of halogens is 2. The molecule has 4 aromatic rings. The molecule has 6 nitrogen and oxygen atoms in total. The average molecular weight is 472 g/mol. The second kappa shape index (κ2) is 8.06. The minimum atomic E-state index is -2.57. The van der Waals surface area contributed by atoms with Crippen LogP contribution in [0.15, 0.2) is 34.4 Å². The Morgan fingerprint density at radius 2 is 2.06 bits per heavy atom. The van der Waals surface area contributed by atoms with Crippen LogP contribution in [0.2, 0.25) is 0 Å². The first-order chi connectivity index (χ1) is 15.7. The minimum Gasteiger partial charge on any atom is -0.478 e. The van der Waals surface area contributed by atoms with E-state index in [2.05, 4.69) is 9.72 Å². The Balaban J connectivity index is 1.60. The van der Waals surface area contributed by atoms with E-state index in [4.69, 9.17) is 9.51 Å². The Kier molecular flexibility index (Phi) is 5.31. The lowest BCUT2D eigenvalue weighted by Gasteiger charge is -2.28. The molecule has 0 unspecified atom stereocenters. The predicted molar refractivity (Wildman–Crippen MR) is 122 cm³/mol. The predicted octanol–water partition coefficient (Wildman–Crippen LogP) is 6.56. The standard InChI is InChI=1S/C24H23F2N3O3S/c1-13-21(14(2)32-28-13)16-7-19-22(27-9-16)18(20-8-17(12-33-20)23(30)31)11-29(19)10-15-3-5-24(25,26)6-4-15/h7-9,11-12,15H,3-6,10H2,1-2H3,(H,30,31). The lowest BCUT2D eigenvalue weighted by molar-refractivity contribution is -0.0472. The average Bonchev–Trinajstić information content (AvgIpc) is 3.47. The number of alkyl halides is 2. The molecule has 0 saturated heterocycles. The number of fused-ring (bicyclic) bond motifs is 1. The number of carbonyl (C=O) groups is 1. The highest BCUT2D eigenvalue weighted by Gasteiger charge is 2.35. The van der Waals surface area contributed by atoms with Gasteiger partial charge in [-0.2, -0.15) is 0 Å². The first-order valence-electron chi connectivity index (χ1n) is 10.8. The molecule has 0 atom stereocenters. The van der Waals surface area contributed by atoms with Crippen molar-refractivity contribution in [3.05, 3.63) is 46.9 Å². The summed E-state index contributed by atoms with van der Waals surface area (Å²) in [7, 11) is 0. The van der Waals surface area contributed by atoms with Crippen molar-refractivity contribution in [2.24, 2.45) is 5.92 Å². The second-order valence-corrected chi connectivity index (χ2v) is 9.70. The Hall–Kier alpha value is -3.07. The number of hydrogen-bond acceptors (Lipinski definition) is 5. The zero-order valence-electron chi connectivity index (χ0n) is 18.3. The van der Waals surface area contributed by atoms with E-state index in [1.807, 2.05) is 26.1 Å². The first kappa shape index (κ1) is 21.8. The number of thiophene rings is 1. The van der Waals surface area contributed by atoms with Gasteiger partial charge in [0.1, 0.15) is 5.76 Å². The highest BCUT2D eigenvalue weighted by molar-refractivity contribution is 7.14. The van der Waals surface area contributed by atoms with Gasteiger partial charge in [-0.05, 0) is 44.7 Å². The van der Waals surface area contributed by atoms with Crippen molar-refractivity contribution < 1.29 is 23.2 Å². The van der Waals surface area contributed by atoms with Crippen LogP contribution in [0, 0.1) is 19.8 Å². The molecule has 5 rings (SSSR count). The maximum Gasteiger partial charge on any atom is 0.336 e. The zero-order valence-corrected chi connectivity index (χ0v) is 19.1. The summed E-state index contributed by atoms with van der Waals surface area (Å²) >= 11 is 1.35. The third-order valence-corrected chi connectivity index (χ3v) is 7.41. The van der Waals surface area contributed by atoms with Gasteiger partial charge in [-0.3, -0.25) is 4.98 Å². The van der Waals surface area contributed by atoms with E-state index in [1.165, 1.54) is 11.3 Å². The molecule has 172 valence electrons. The topological polar surface area (TPSA) is 81.2 Å². The summed E-state index contributed by atoms with van der Waals surface area (Å²) in [4.78, 5) is 16.9. The minimum absolute atomic E-state index is 0.0841. The highest BCUT2D eigenvalue weighted by atomic mass is 32.1. The second-order valence-electron chi connectivity index (χ2n) is 8.79. The number of aromatic carboxylic acids is 1. The number of nitrogens with zero attached hydrogens (tertiary/aromatic N) is 3. The van der Waals surface area contributed by atoms with Crippen molar-refractivity contribution in [3.8, 4) is 21.6 Å². The van der Waals surface area contributed by atoms with Gasteiger partial charge in [-0.1, -0.05) is 5.16 Å². The lowest BCUT2D eigenvalue weighted by Crippen LogP contribution is -2.26. The van der Waals surface area contributed by atoms with Crippen molar-refractivity contribution >= 4 is 28.3 Å². The number of hydrogen-bond donors (Lipinski definition) is 1. The summed E-state index contributed by atoms with van der Waals surface area (Å²) in [5.41, 5.74) is 5.24. The summed E-state index contributed by atoms with van der Waals surface area (Å²) in [5, 5.41) is 15.0. The molecule has 0 bridgehead atoms. The van der Waals surface area contributed by atoms with Crippen LogP contribution in [0.1, 0.15) is 47.5 Å². The molecule has 1 aliphatic carbocycles. The van der Waals surface area contributed by atoms with Crippen LogP contribution in [0.25, 0.3) is 32.6 Å². The number of carboxylic acids is 1. The molecule has 33 heavy (non-hydrogen) atoms. The molecule has 1 aliphatic rings. The van der Waals surface area contributed by atoms with Gasteiger partial charge in [0, 0.05) is 58.7 Å². The molecule has 1 saturated carbocycles. The largest absolute Gasteiger partial charge is 0.478 e. The van der Waals surface area contributed by atoms with Gasteiger partial charge >= 0.3 is 5.97 Å². The van der Waals surface area contributed by atoms with Gasteiger partial charge < -0.3 is 14.2 Å². The van der Waals surface area contributed by atoms with E-state index >= 15 is 0 Å². The van der Waals surface area contributed by atoms with E-state index in [-0.39, 0.29) is 24.3 Å². The normalized spacial score (nSPS) is 16.5. The van der Waals surface area contributed by atoms with E-state index in [1.54, 1.807) is 17.6 Å². The van der Waals surface area contributed by atoms with E-state index in [9.17, 15) is 18.7 Å². The van der Waals surface area contributed by atoms with Gasteiger partial charge in [0.15, 0.2) is 0 Å². The Morgan fingerprint density at radius 3 is 2.70 bits per heavy atom. The molecule has 4 aromatic heterocycles. The molecular formula is C24H23F2N3O3S. The molecule has 0 amide bonds. The fourth-order valence-electron chi connectivity index (χ4n) is 4.68. The fourth-order valence-corrected chi connectivity index (χ4v) is 5.57. The van der Waals surface area contributed by atoms with Gasteiger partial charge in [-0.15, -0.1) is 11.3 Å². The van der Waals surface area contributed by atoms with Crippen LogP contribution in [-0.4, -0.2) is 31.7 Å². The van der Waals surface area contributed by atoms with Gasteiger partial charge in [0.2, 0.25) is 5.92 Å². The SMILES string of the molecule is Cc1noc(C)c1-c1cnc2c(-c3cc(C(=O)O)cs3)cn(CC3CCC(F)(F)CC3)c2c1. The third kappa shape index (κ3) is 4.06. The molecule has 0 radical (unpaired) electrons. The quantitative estimate of drug-likeness (QED) is 0.356. The fraction of sp³-hybridized carbons (Fsp3) is 0.375. The molecule has 0 aliphatic heterocycles. The summed E-state index contributed by atoms with van der Waals surface area (Å²) in [6.07, 6.45) is 4.52. The molecule has 1 fully saturated rings. The number of pyridine rings is 1. The highest BCUT2D eigenvalue weighted by Crippen LogP contribution is 2.40. The molecule has 0 spiro atoms. The Labute approximate surface area is 192 Å². The zero-order chi connectivity index (χ0) is 23.3. The summed E-state index contributed by atoms with van der Waals surface area (Å²) in [5.74, 6) is -2.69. The number of aromatic nitrogens is 3. The molecule has 1 N–H and O–H groups in total. The Morgan fingerprint density at radius 1 is 1.30 bits per heavy atom. The number of rotatable bonds is 5. The third-order valence-electron chi connectivity index (χ3n) is 6.44. The molecule has 4 heterocycles. The molecular weight excluding hydrogens is 448 g/mol. The molecule has 0 aromatic carbocycles. The van der Waals surface area contributed by atoms with E-state index in [0.717, 1.165) is 38.3 Å². The van der Waals surface area contributed by atoms with Crippen LogP contribution >= 0.6 is 11.3 Å². The molecule has 9 heteroatoms. The van der Waals surface area contributed by atoms with E-state index in [0.29, 0.717) is 25.1 Å². The van der Waals surface area contributed by atoms with Crippen LogP contribution in [0.5, 0.6) is 0 Å². The van der Waals surface area contributed by atoms with E-state index < -0.39 is 11.9 Å². The van der Waals surface area contributed by atoms with Gasteiger partial charge in [-0.25, -0.2) is 13.6 Å². The number of aryl methyl sites for hydroxylation is 2. The van der Waals surface area contributed by atoms with Crippen LogP contribution in [0.3, 0.4) is 0 Å². The monoisotopic (exact) mass is 471 g/mol. The Bertz CT molecular complexity index is 1320. The maximum absolute atomic E-state index is 13.7. The van der Waals surface area contributed by atoms with Crippen molar-refractivity contribution in [1.82, 2.24) is 14.7 Å². The van der Waals surface area contributed by atoms with Crippen molar-refractivity contribution in [2.45, 2.75) is 52.0 Å². The maximum atomic E-state index is 13.7. The van der Waals surface area contributed by atoms with Crippen molar-refractivity contribution in [1.29, 1.82) is 0 Å². The summed E-state index contributed by atoms with van der Waals surface area (Å²) in [6, 6.07) is 3.68. The summed E-state index contributed by atoms with van der Waals surface area (Å²) in [6.45, 7) is 4.34. The van der Waals surface area contributed by atoms with Gasteiger partial charge in [0.05, 0.1) is 22.3 Å². The first-order valence-corrected chi connectivity index (χ1v) is 11.7. The van der Waals surface area contributed by atoms with Gasteiger partial charge in [0.25, 0.3) is 0 Å². The van der Waals surface area contributed by atoms with Crippen LogP contribution in [-0.2, 0) is 6.54 Å². The van der Waals surface area contributed by atoms with Crippen molar-refractivity contribution in [2.75, 3.05) is 0 Å².